The van der Waals surface area contributed by atoms with Gasteiger partial charge in [-0.05, 0) is 71.6 Å². The van der Waals surface area contributed by atoms with Gasteiger partial charge in [0, 0.05) is 18.7 Å². The van der Waals surface area contributed by atoms with Gasteiger partial charge in [0.2, 0.25) is 0 Å². The van der Waals surface area contributed by atoms with E-state index in [4.69, 9.17) is 20.1 Å². The topological polar surface area (TPSA) is 91.5 Å². The molecule has 0 amide bonds. The minimum absolute atomic E-state index is 0.243. The molecule has 35 heavy (non-hydrogen) atoms. The zero-order valence-corrected chi connectivity index (χ0v) is 20.6. The maximum atomic E-state index is 14.0. The molecule has 3 aromatic heterocycles. The molecule has 2 aliphatic carbocycles. The fourth-order valence-electron chi connectivity index (χ4n) is 5.70. The molecule has 1 aliphatic heterocycles. The van der Waals surface area contributed by atoms with Gasteiger partial charge in [0.25, 0.3) is 0 Å². The number of aliphatic hydroxyl groups is 1. The second kappa shape index (κ2) is 8.69. The summed E-state index contributed by atoms with van der Waals surface area (Å²) in [4.78, 5) is 16.8. The summed E-state index contributed by atoms with van der Waals surface area (Å²) >= 11 is 0. The molecule has 186 valence electrons. The lowest BCUT2D eigenvalue weighted by Gasteiger charge is -2.34. The SMILES string of the molecule is Cc1nc2c(nc1-c1cn3nc(N4CC[C@H](F)C4)cc(NC4CCC(C)(O)CC4)c3n1)CCCC2. The van der Waals surface area contributed by atoms with Crippen molar-refractivity contribution in [2.45, 2.75) is 89.4 Å². The highest BCUT2D eigenvalue weighted by molar-refractivity contribution is 5.74. The Morgan fingerprint density at radius 1 is 1.09 bits per heavy atom. The highest BCUT2D eigenvalue weighted by Crippen LogP contribution is 2.33. The van der Waals surface area contributed by atoms with Crippen molar-refractivity contribution in [3.05, 3.63) is 29.3 Å². The average Bonchev–Trinajstić information content (AvgIpc) is 3.46. The zero-order chi connectivity index (χ0) is 24.2. The van der Waals surface area contributed by atoms with E-state index in [0.717, 1.165) is 90.6 Å². The number of aromatic nitrogens is 5. The molecule has 1 atom stereocenters. The maximum Gasteiger partial charge on any atom is 0.177 e. The molecule has 0 spiro atoms. The van der Waals surface area contributed by atoms with Gasteiger partial charge in [-0.3, -0.25) is 4.98 Å². The molecule has 9 heteroatoms. The number of nitrogens with one attached hydrogen (secondary N) is 1. The second-order valence-electron chi connectivity index (χ2n) is 10.8. The van der Waals surface area contributed by atoms with Crippen LogP contribution in [0.15, 0.2) is 12.3 Å². The first kappa shape index (κ1) is 22.6. The predicted octanol–water partition coefficient (Wildman–Crippen LogP) is 4.03. The van der Waals surface area contributed by atoms with Gasteiger partial charge in [0.05, 0.1) is 41.1 Å². The molecule has 1 saturated heterocycles. The van der Waals surface area contributed by atoms with E-state index in [1.54, 1.807) is 4.52 Å². The Labute approximate surface area is 205 Å². The largest absolute Gasteiger partial charge is 0.390 e. The number of fused-ring (bicyclic) bond motifs is 2. The van der Waals surface area contributed by atoms with Gasteiger partial charge in [-0.25, -0.2) is 18.9 Å². The smallest absolute Gasteiger partial charge is 0.177 e. The first-order chi connectivity index (χ1) is 16.8. The molecule has 4 heterocycles. The number of hydrogen-bond donors (Lipinski definition) is 2. The van der Waals surface area contributed by atoms with Crippen molar-refractivity contribution in [2.24, 2.45) is 0 Å². The summed E-state index contributed by atoms with van der Waals surface area (Å²) in [6.07, 6.45) is 9.19. The van der Waals surface area contributed by atoms with Gasteiger partial charge in [-0.2, -0.15) is 0 Å². The van der Waals surface area contributed by atoms with Gasteiger partial charge >= 0.3 is 0 Å². The molecule has 2 fully saturated rings. The van der Waals surface area contributed by atoms with Crippen molar-refractivity contribution >= 4 is 17.2 Å². The van der Waals surface area contributed by atoms with Gasteiger partial charge < -0.3 is 15.3 Å². The third-order valence-corrected chi connectivity index (χ3v) is 7.83. The van der Waals surface area contributed by atoms with Crippen molar-refractivity contribution in [1.82, 2.24) is 24.6 Å². The molecule has 0 bridgehead atoms. The average molecular weight is 480 g/mol. The van der Waals surface area contributed by atoms with Crippen molar-refractivity contribution in [1.29, 1.82) is 0 Å². The molecule has 1 saturated carbocycles. The molecule has 0 radical (unpaired) electrons. The maximum absolute atomic E-state index is 14.0. The normalized spacial score (nSPS) is 26.8. The third kappa shape index (κ3) is 4.46. The van der Waals surface area contributed by atoms with Crippen LogP contribution in [0.1, 0.15) is 69.0 Å². The standard InChI is InChI=1S/C26H34FN7O/c1-16-24(30-20-6-4-3-5-19(20)28-16)22-15-34-25(31-22)21(29-18-7-10-26(2,35)11-8-18)13-23(32-34)33-12-9-17(27)14-33/h13,15,17-18,29,35H,3-12,14H2,1-2H3/t17-,18?,26?/m0/s1. The first-order valence-electron chi connectivity index (χ1n) is 13.0. The Kier molecular flexibility index (Phi) is 5.62. The lowest BCUT2D eigenvalue weighted by Crippen LogP contribution is -2.36. The minimum atomic E-state index is -0.823. The third-order valence-electron chi connectivity index (χ3n) is 7.83. The number of alkyl halides is 1. The molecule has 6 rings (SSSR count). The van der Waals surface area contributed by atoms with Crippen LogP contribution in [0.3, 0.4) is 0 Å². The van der Waals surface area contributed by atoms with Gasteiger partial charge in [-0.15, -0.1) is 5.10 Å². The molecule has 2 N–H and O–H groups in total. The highest BCUT2D eigenvalue weighted by atomic mass is 19.1. The fraction of sp³-hybridized carbons (Fsp3) is 0.615. The molecule has 3 aromatic rings. The number of imidazole rings is 1. The molecular formula is C26H34FN7O. The van der Waals surface area contributed by atoms with Crippen LogP contribution in [-0.4, -0.2) is 60.6 Å². The molecule has 8 nitrogen and oxygen atoms in total. The Balaban J connectivity index is 1.39. The fourth-order valence-corrected chi connectivity index (χ4v) is 5.70. The van der Waals surface area contributed by atoms with Crippen molar-refractivity contribution in [3.8, 4) is 11.4 Å². The summed E-state index contributed by atoms with van der Waals surface area (Å²) in [6, 6.07) is 2.25. The summed E-state index contributed by atoms with van der Waals surface area (Å²) in [6.45, 7) is 4.93. The summed E-state index contributed by atoms with van der Waals surface area (Å²) in [5.74, 6) is 0.750. The summed E-state index contributed by atoms with van der Waals surface area (Å²) in [5, 5.41) is 18.9. The van der Waals surface area contributed by atoms with E-state index in [0.29, 0.717) is 19.5 Å². The van der Waals surface area contributed by atoms with Gasteiger partial charge in [-0.1, -0.05) is 0 Å². The van der Waals surface area contributed by atoms with Crippen molar-refractivity contribution < 1.29 is 9.50 Å². The number of nitrogens with zero attached hydrogens (tertiary/aromatic N) is 6. The number of halogens is 1. The van der Waals surface area contributed by atoms with E-state index in [1.165, 1.54) is 6.42 Å². The van der Waals surface area contributed by atoms with E-state index < -0.39 is 11.8 Å². The monoisotopic (exact) mass is 479 g/mol. The Hall–Kier alpha value is -2.81. The Bertz CT molecular complexity index is 1250. The van der Waals surface area contributed by atoms with Crippen LogP contribution in [0.4, 0.5) is 15.9 Å². The van der Waals surface area contributed by atoms with Crippen LogP contribution in [0.25, 0.3) is 17.0 Å². The quantitative estimate of drug-likeness (QED) is 0.584. The lowest BCUT2D eigenvalue weighted by atomic mass is 9.83. The predicted molar refractivity (Wildman–Crippen MR) is 134 cm³/mol. The number of anilines is 2. The molecule has 0 aromatic carbocycles. The van der Waals surface area contributed by atoms with E-state index in [9.17, 15) is 9.50 Å². The molecule has 3 aliphatic rings. The van der Waals surface area contributed by atoms with Gasteiger partial charge in [0.15, 0.2) is 11.5 Å². The summed E-state index contributed by atoms with van der Waals surface area (Å²) in [7, 11) is 0. The van der Waals surface area contributed by atoms with Crippen LogP contribution in [0, 0.1) is 6.92 Å². The lowest BCUT2D eigenvalue weighted by molar-refractivity contribution is 0.0196. The van der Waals surface area contributed by atoms with E-state index >= 15 is 0 Å². The number of rotatable bonds is 4. The molecule has 0 unspecified atom stereocenters. The van der Waals surface area contributed by atoms with E-state index in [2.05, 4.69) is 5.32 Å². The van der Waals surface area contributed by atoms with Crippen LogP contribution in [0.2, 0.25) is 0 Å². The molecular weight excluding hydrogens is 445 g/mol. The van der Waals surface area contributed by atoms with Crippen LogP contribution >= 0.6 is 0 Å². The van der Waals surface area contributed by atoms with Crippen molar-refractivity contribution in [2.75, 3.05) is 23.3 Å². The van der Waals surface area contributed by atoms with Crippen LogP contribution in [-0.2, 0) is 12.8 Å². The zero-order valence-electron chi connectivity index (χ0n) is 20.6. The van der Waals surface area contributed by atoms with Gasteiger partial charge in [0.1, 0.15) is 17.6 Å². The summed E-state index contributed by atoms with van der Waals surface area (Å²) < 4.78 is 15.8. The summed E-state index contributed by atoms with van der Waals surface area (Å²) in [5.41, 5.74) is 5.68. The number of hydrogen-bond acceptors (Lipinski definition) is 7. The van der Waals surface area contributed by atoms with E-state index in [1.807, 2.05) is 31.0 Å². The van der Waals surface area contributed by atoms with Crippen LogP contribution in [0.5, 0.6) is 0 Å². The highest BCUT2D eigenvalue weighted by Gasteiger charge is 2.30. The van der Waals surface area contributed by atoms with E-state index in [-0.39, 0.29) is 6.04 Å². The van der Waals surface area contributed by atoms with Crippen molar-refractivity contribution in [3.63, 3.8) is 0 Å². The van der Waals surface area contributed by atoms with Crippen LogP contribution < -0.4 is 10.2 Å². The Morgan fingerprint density at radius 2 is 1.83 bits per heavy atom. The first-order valence-corrected chi connectivity index (χ1v) is 13.0. The Morgan fingerprint density at radius 3 is 2.54 bits per heavy atom. The number of aryl methyl sites for hydroxylation is 3. The minimum Gasteiger partial charge on any atom is -0.390 e. The second-order valence-corrected chi connectivity index (χ2v) is 10.8.